The molecule has 2 aromatic heterocycles. The SMILES string of the molecule is O=C(Cc1c(F)cccc1Cl)OCc1cc(-c2cc3ccccc3o2)on1. The lowest BCUT2D eigenvalue weighted by molar-refractivity contribution is -0.144. The number of nitrogens with zero attached hydrogens (tertiary/aromatic N) is 1. The molecule has 0 saturated carbocycles. The molecule has 27 heavy (non-hydrogen) atoms. The van der Waals surface area contributed by atoms with Crippen molar-refractivity contribution in [3.63, 3.8) is 0 Å². The summed E-state index contributed by atoms with van der Waals surface area (Å²) in [4.78, 5) is 12.0. The lowest BCUT2D eigenvalue weighted by Gasteiger charge is -2.05. The fraction of sp³-hybridized carbons (Fsp3) is 0.100. The van der Waals surface area contributed by atoms with Crippen molar-refractivity contribution in [2.45, 2.75) is 13.0 Å². The van der Waals surface area contributed by atoms with Crippen LogP contribution in [0, 0.1) is 5.82 Å². The van der Waals surface area contributed by atoms with Crippen LogP contribution in [0.25, 0.3) is 22.5 Å². The van der Waals surface area contributed by atoms with Crippen molar-refractivity contribution in [2.24, 2.45) is 0 Å². The van der Waals surface area contributed by atoms with Gasteiger partial charge in [-0.15, -0.1) is 0 Å². The number of ether oxygens (including phenoxy) is 1. The van der Waals surface area contributed by atoms with Crippen molar-refractivity contribution < 1.29 is 22.9 Å². The highest BCUT2D eigenvalue weighted by Crippen LogP contribution is 2.28. The molecular weight excluding hydrogens is 373 g/mol. The van der Waals surface area contributed by atoms with E-state index < -0.39 is 11.8 Å². The van der Waals surface area contributed by atoms with E-state index >= 15 is 0 Å². The summed E-state index contributed by atoms with van der Waals surface area (Å²) in [5.41, 5.74) is 1.25. The van der Waals surface area contributed by atoms with Crippen LogP contribution in [0.4, 0.5) is 4.39 Å². The zero-order valence-corrected chi connectivity index (χ0v) is 14.7. The Hall–Kier alpha value is -3.12. The van der Waals surface area contributed by atoms with Gasteiger partial charge in [0.2, 0.25) is 5.76 Å². The fourth-order valence-electron chi connectivity index (χ4n) is 2.65. The molecule has 2 heterocycles. The van der Waals surface area contributed by atoms with E-state index in [0.29, 0.717) is 17.2 Å². The second-order valence-electron chi connectivity index (χ2n) is 5.87. The number of esters is 1. The number of carbonyl (C=O) groups excluding carboxylic acids is 1. The predicted molar refractivity (Wildman–Crippen MR) is 96.6 cm³/mol. The van der Waals surface area contributed by atoms with Crippen molar-refractivity contribution >= 4 is 28.5 Å². The van der Waals surface area contributed by atoms with Crippen LogP contribution >= 0.6 is 11.6 Å². The van der Waals surface area contributed by atoms with Gasteiger partial charge in [-0.05, 0) is 24.3 Å². The summed E-state index contributed by atoms with van der Waals surface area (Å²) in [7, 11) is 0. The third-order valence-corrected chi connectivity index (χ3v) is 4.35. The van der Waals surface area contributed by atoms with Crippen molar-refractivity contribution in [3.05, 3.63) is 76.7 Å². The fourth-order valence-corrected chi connectivity index (χ4v) is 2.88. The minimum Gasteiger partial charge on any atom is -0.459 e. The Bertz CT molecular complexity index is 1060. The number of halogens is 2. The summed E-state index contributed by atoms with van der Waals surface area (Å²) in [6, 6.07) is 15.3. The normalized spacial score (nSPS) is 11.0. The average molecular weight is 386 g/mol. The van der Waals surface area contributed by atoms with Crippen LogP contribution in [0.5, 0.6) is 0 Å². The molecular formula is C20H13ClFNO4. The molecule has 2 aromatic carbocycles. The Kier molecular flexibility index (Phi) is 4.64. The second kappa shape index (κ2) is 7.25. The molecule has 0 N–H and O–H groups in total. The van der Waals surface area contributed by atoms with Gasteiger partial charge in [0, 0.05) is 22.0 Å². The molecule has 0 fully saturated rings. The predicted octanol–water partition coefficient (Wildman–Crippen LogP) is 5.17. The standard InChI is InChI=1S/C20H13ClFNO4/c21-15-5-3-6-16(22)14(15)10-20(24)25-11-13-9-19(27-23-13)18-8-12-4-1-2-7-17(12)26-18/h1-9H,10-11H2. The number of rotatable bonds is 5. The van der Waals surface area contributed by atoms with Crippen LogP contribution in [0.15, 0.2) is 63.5 Å². The van der Waals surface area contributed by atoms with Crippen LogP contribution in [0.1, 0.15) is 11.3 Å². The van der Waals surface area contributed by atoms with Crippen LogP contribution in [0.2, 0.25) is 5.02 Å². The van der Waals surface area contributed by atoms with E-state index in [2.05, 4.69) is 5.16 Å². The van der Waals surface area contributed by atoms with Crippen LogP contribution in [0.3, 0.4) is 0 Å². The van der Waals surface area contributed by atoms with Gasteiger partial charge in [0.1, 0.15) is 23.7 Å². The molecule has 0 aliphatic rings. The van der Waals surface area contributed by atoms with Gasteiger partial charge in [-0.25, -0.2) is 4.39 Å². The summed E-state index contributed by atoms with van der Waals surface area (Å²) in [6.45, 7) is -0.103. The van der Waals surface area contributed by atoms with Gasteiger partial charge in [0.25, 0.3) is 0 Å². The monoisotopic (exact) mass is 385 g/mol. The van der Waals surface area contributed by atoms with Crippen molar-refractivity contribution in [3.8, 4) is 11.5 Å². The largest absolute Gasteiger partial charge is 0.459 e. The van der Waals surface area contributed by atoms with Crippen LogP contribution < -0.4 is 0 Å². The number of furan rings is 1. The lowest BCUT2D eigenvalue weighted by Crippen LogP contribution is -2.09. The molecule has 4 rings (SSSR count). The van der Waals surface area contributed by atoms with Crippen molar-refractivity contribution in [1.82, 2.24) is 5.16 Å². The van der Waals surface area contributed by atoms with Gasteiger partial charge in [-0.3, -0.25) is 4.79 Å². The molecule has 7 heteroatoms. The highest BCUT2D eigenvalue weighted by atomic mass is 35.5. The minimum atomic E-state index is -0.615. The summed E-state index contributed by atoms with van der Waals surface area (Å²) in [6.07, 6.45) is -0.264. The summed E-state index contributed by atoms with van der Waals surface area (Å²) in [5, 5.41) is 4.99. The van der Waals surface area contributed by atoms with Crippen LogP contribution in [-0.2, 0) is 22.6 Å². The third-order valence-electron chi connectivity index (χ3n) is 3.99. The smallest absolute Gasteiger partial charge is 0.310 e. The maximum absolute atomic E-state index is 13.7. The summed E-state index contributed by atoms with van der Waals surface area (Å²) >= 11 is 5.91. The topological polar surface area (TPSA) is 65.5 Å². The van der Waals surface area contributed by atoms with Crippen molar-refractivity contribution in [2.75, 3.05) is 0 Å². The Morgan fingerprint density at radius 3 is 2.78 bits per heavy atom. The molecule has 0 radical (unpaired) electrons. The van der Waals surface area contributed by atoms with E-state index in [4.69, 9.17) is 25.3 Å². The molecule has 0 saturated heterocycles. The van der Waals surface area contributed by atoms with Gasteiger partial charge in [0.05, 0.1) is 6.42 Å². The van der Waals surface area contributed by atoms with E-state index in [0.717, 1.165) is 11.0 Å². The molecule has 0 spiro atoms. The molecule has 0 aliphatic heterocycles. The molecule has 136 valence electrons. The van der Waals surface area contributed by atoms with Crippen molar-refractivity contribution in [1.29, 1.82) is 0 Å². The first-order valence-corrected chi connectivity index (χ1v) is 8.51. The van der Waals surface area contributed by atoms with E-state index in [-0.39, 0.29) is 23.6 Å². The maximum Gasteiger partial charge on any atom is 0.310 e. The Morgan fingerprint density at radius 1 is 1.11 bits per heavy atom. The molecule has 0 amide bonds. The minimum absolute atomic E-state index is 0.103. The number of para-hydroxylation sites is 1. The quantitative estimate of drug-likeness (QED) is 0.443. The number of hydrogen-bond donors (Lipinski definition) is 0. The molecule has 0 atom stereocenters. The highest BCUT2D eigenvalue weighted by Gasteiger charge is 2.15. The molecule has 0 aliphatic carbocycles. The molecule has 0 bridgehead atoms. The first kappa shape index (κ1) is 17.3. The lowest BCUT2D eigenvalue weighted by atomic mass is 10.1. The third kappa shape index (κ3) is 3.71. The summed E-state index contributed by atoms with van der Waals surface area (Å²) < 4.78 is 29.8. The number of hydrogen-bond acceptors (Lipinski definition) is 5. The van der Waals surface area contributed by atoms with Gasteiger partial charge in [-0.1, -0.05) is 41.0 Å². The van der Waals surface area contributed by atoms with Gasteiger partial charge in [0.15, 0.2) is 5.76 Å². The first-order chi connectivity index (χ1) is 13.1. The number of fused-ring (bicyclic) bond motifs is 1. The second-order valence-corrected chi connectivity index (χ2v) is 6.28. The first-order valence-electron chi connectivity index (χ1n) is 8.13. The number of aromatic nitrogens is 1. The van der Waals surface area contributed by atoms with Gasteiger partial charge >= 0.3 is 5.97 Å². The Morgan fingerprint density at radius 2 is 1.96 bits per heavy atom. The number of carbonyl (C=O) groups is 1. The number of benzene rings is 2. The van der Waals surface area contributed by atoms with Gasteiger partial charge < -0.3 is 13.7 Å². The zero-order chi connectivity index (χ0) is 18.8. The Balaban J connectivity index is 1.41. The molecule has 0 unspecified atom stereocenters. The van der Waals surface area contributed by atoms with E-state index in [1.54, 1.807) is 6.07 Å². The van der Waals surface area contributed by atoms with E-state index in [9.17, 15) is 9.18 Å². The maximum atomic E-state index is 13.7. The zero-order valence-electron chi connectivity index (χ0n) is 13.9. The highest BCUT2D eigenvalue weighted by molar-refractivity contribution is 6.31. The van der Waals surface area contributed by atoms with E-state index in [1.165, 1.54) is 18.2 Å². The van der Waals surface area contributed by atoms with E-state index in [1.807, 2.05) is 30.3 Å². The average Bonchev–Trinajstić information content (AvgIpc) is 3.29. The molecule has 5 nitrogen and oxygen atoms in total. The molecule has 4 aromatic rings. The van der Waals surface area contributed by atoms with Gasteiger partial charge in [-0.2, -0.15) is 0 Å². The summed E-state index contributed by atoms with van der Waals surface area (Å²) in [5.74, 6) is -0.211. The Labute approximate surface area is 158 Å². The van der Waals surface area contributed by atoms with Crippen LogP contribution in [-0.4, -0.2) is 11.1 Å².